The summed E-state index contributed by atoms with van der Waals surface area (Å²) >= 11 is 3.40. The molecule has 4 nitrogen and oxygen atoms in total. The molecule has 0 fully saturated rings. The molecule has 0 aromatic rings. The highest BCUT2D eigenvalue weighted by Crippen LogP contribution is 2.58. The summed E-state index contributed by atoms with van der Waals surface area (Å²) in [5.41, 5.74) is 0. The molecule has 0 aliphatic rings. The molecule has 0 radical (unpaired) electrons. The number of rotatable bonds is 4. The van der Waals surface area contributed by atoms with Crippen LogP contribution in [0.2, 0.25) is 0 Å². The molecule has 0 rings (SSSR count). The molecule has 0 N–H and O–H groups in total. The van der Waals surface area contributed by atoms with Gasteiger partial charge < -0.3 is 0 Å². The van der Waals surface area contributed by atoms with E-state index in [0.29, 0.717) is 7.43 Å². The minimum absolute atomic E-state index is 0.449. The molecule has 0 bridgehead atoms. The van der Waals surface area contributed by atoms with Crippen molar-refractivity contribution in [2.24, 2.45) is 4.52 Å². The molecule has 0 aliphatic heterocycles. The molecule has 0 heterocycles. The van der Waals surface area contributed by atoms with Gasteiger partial charge in [-0.05, 0) is 57.8 Å². The third kappa shape index (κ3) is 2.98. The van der Waals surface area contributed by atoms with Crippen molar-refractivity contribution in [3.63, 3.8) is 0 Å². The van der Waals surface area contributed by atoms with Crippen LogP contribution in [-0.4, -0.2) is 56.3 Å². The normalized spacial score (nSPS) is 14.0. The molecule has 13 heavy (non-hydrogen) atoms. The molecule has 7 heteroatoms. The maximum atomic E-state index is 4.69. The summed E-state index contributed by atoms with van der Waals surface area (Å²) in [4.78, 5) is 0. The van der Waals surface area contributed by atoms with Gasteiger partial charge in [0.2, 0.25) is 0 Å². The zero-order valence-electron chi connectivity index (χ0n) is 9.11. The smallest absolute Gasteiger partial charge is 0.170 e. The predicted molar refractivity (Wildman–Crippen MR) is 67.7 cm³/mol. The summed E-state index contributed by atoms with van der Waals surface area (Å²) < 4.78 is 11.3. The second-order valence-electron chi connectivity index (χ2n) is 3.26. The molecular formula is C6H19BrN4P2. The summed E-state index contributed by atoms with van der Waals surface area (Å²) in [5.74, 6) is 0. The molecular weight excluding hydrogens is 270 g/mol. The number of hydrogen-bond acceptors (Lipinski definition) is 1. The minimum atomic E-state index is -1.62. The molecule has 0 aromatic heterocycles. The second kappa shape index (κ2) is 5.79. The van der Waals surface area contributed by atoms with Gasteiger partial charge in [-0.2, -0.15) is 0 Å². The fourth-order valence-corrected chi connectivity index (χ4v) is 8.01. The van der Waals surface area contributed by atoms with Gasteiger partial charge in [0.1, 0.15) is 0 Å². The molecule has 0 aliphatic carbocycles. The standard InChI is InChI=1S/C6H19BrN4P2/c1-9(2)13(8-12-7,10(3)4)11(5)6/h12H,1-6H3. The lowest BCUT2D eigenvalue weighted by Crippen LogP contribution is -2.30. The van der Waals surface area contributed by atoms with Gasteiger partial charge >= 0.3 is 0 Å². The quantitative estimate of drug-likeness (QED) is 0.742. The van der Waals surface area contributed by atoms with Gasteiger partial charge in [-0.15, -0.1) is 0 Å². The SMILES string of the molecule is CN(C)P(=NPBr)(N(C)C)N(C)C. The predicted octanol–water partition coefficient (Wildman–Crippen LogP) is 2.52. The van der Waals surface area contributed by atoms with Crippen molar-refractivity contribution in [3.8, 4) is 0 Å². The van der Waals surface area contributed by atoms with Crippen LogP contribution in [0.4, 0.5) is 0 Å². The van der Waals surface area contributed by atoms with E-state index < -0.39 is 7.51 Å². The average molecular weight is 289 g/mol. The van der Waals surface area contributed by atoms with E-state index >= 15 is 0 Å². The summed E-state index contributed by atoms with van der Waals surface area (Å²) in [7, 11) is 11.3. The fourth-order valence-electron chi connectivity index (χ4n) is 1.39. The van der Waals surface area contributed by atoms with Crippen LogP contribution in [0.3, 0.4) is 0 Å². The summed E-state index contributed by atoms with van der Waals surface area (Å²) in [6, 6.07) is 0. The van der Waals surface area contributed by atoms with Gasteiger partial charge in [0.25, 0.3) is 0 Å². The van der Waals surface area contributed by atoms with E-state index in [9.17, 15) is 0 Å². The van der Waals surface area contributed by atoms with Crippen LogP contribution in [0.25, 0.3) is 0 Å². The van der Waals surface area contributed by atoms with Crippen LogP contribution in [0, 0.1) is 0 Å². The van der Waals surface area contributed by atoms with E-state index in [-0.39, 0.29) is 0 Å². The highest BCUT2D eigenvalue weighted by molar-refractivity contribution is 9.36. The number of halogens is 1. The third-order valence-electron chi connectivity index (χ3n) is 1.78. The van der Waals surface area contributed by atoms with Gasteiger partial charge in [-0.25, -0.2) is 4.52 Å². The maximum absolute atomic E-state index is 4.69. The Bertz CT molecular complexity index is 176. The van der Waals surface area contributed by atoms with Gasteiger partial charge in [-0.1, -0.05) is 0 Å². The molecule has 80 valence electrons. The Balaban J connectivity index is 5.20. The van der Waals surface area contributed by atoms with Crippen molar-refractivity contribution in [2.75, 3.05) is 42.3 Å². The van der Waals surface area contributed by atoms with E-state index in [0.717, 1.165) is 0 Å². The van der Waals surface area contributed by atoms with Crippen LogP contribution in [0.1, 0.15) is 0 Å². The fraction of sp³-hybridized carbons (Fsp3) is 1.00. The first-order valence-electron chi connectivity index (χ1n) is 3.90. The summed E-state index contributed by atoms with van der Waals surface area (Å²) in [5, 5.41) is 0. The molecule has 0 saturated heterocycles. The number of hydrogen-bond donors (Lipinski definition) is 0. The molecule has 0 amide bonds. The van der Waals surface area contributed by atoms with Gasteiger partial charge in [0.05, 0.1) is 7.43 Å². The third-order valence-corrected chi connectivity index (χ3v) is 7.80. The van der Waals surface area contributed by atoms with Gasteiger partial charge in [-0.3, -0.25) is 14.0 Å². The van der Waals surface area contributed by atoms with Gasteiger partial charge in [0, 0.05) is 0 Å². The topological polar surface area (TPSA) is 22.1 Å². The zero-order valence-corrected chi connectivity index (χ0v) is 12.6. The van der Waals surface area contributed by atoms with Crippen LogP contribution < -0.4 is 0 Å². The largest absolute Gasteiger partial charge is 0.252 e. The van der Waals surface area contributed by atoms with E-state index in [1.165, 1.54) is 0 Å². The van der Waals surface area contributed by atoms with Crippen LogP contribution >= 0.6 is 30.4 Å². The lowest BCUT2D eigenvalue weighted by Gasteiger charge is -2.40. The van der Waals surface area contributed by atoms with Crippen molar-refractivity contribution in [1.29, 1.82) is 0 Å². The molecule has 0 saturated carbocycles. The van der Waals surface area contributed by atoms with Crippen molar-refractivity contribution in [2.45, 2.75) is 0 Å². The molecule has 0 aromatic carbocycles. The van der Waals surface area contributed by atoms with E-state index in [2.05, 4.69) is 76.3 Å². The monoisotopic (exact) mass is 288 g/mol. The van der Waals surface area contributed by atoms with Crippen molar-refractivity contribution >= 4 is 30.4 Å². The van der Waals surface area contributed by atoms with E-state index in [1.54, 1.807) is 0 Å². The molecule has 1 atom stereocenters. The van der Waals surface area contributed by atoms with Gasteiger partial charge in [0.15, 0.2) is 7.51 Å². The van der Waals surface area contributed by atoms with Crippen LogP contribution in [-0.2, 0) is 0 Å². The first-order valence-corrected chi connectivity index (χ1v) is 8.70. The summed E-state index contributed by atoms with van der Waals surface area (Å²) in [6.45, 7) is 0. The first kappa shape index (κ1) is 14.0. The average Bonchev–Trinajstić information content (AvgIpc) is 1.97. The van der Waals surface area contributed by atoms with E-state index in [4.69, 9.17) is 0 Å². The Labute approximate surface area is 91.5 Å². The lowest BCUT2D eigenvalue weighted by atomic mass is 11.2. The van der Waals surface area contributed by atoms with Crippen LogP contribution in [0.15, 0.2) is 4.52 Å². The lowest BCUT2D eigenvalue weighted by molar-refractivity contribution is 0.476. The highest BCUT2D eigenvalue weighted by atomic mass is 79.9. The van der Waals surface area contributed by atoms with Crippen molar-refractivity contribution < 1.29 is 0 Å². The second-order valence-corrected chi connectivity index (χ2v) is 8.77. The molecule has 0 spiro atoms. The van der Waals surface area contributed by atoms with Crippen molar-refractivity contribution in [3.05, 3.63) is 0 Å². The minimum Gasteiger partial charge on any atom is -0.252 e. The maximum Gasteiger partial charge on any atom is 0.170 e. The van der Waals surface area contributed by atoms with Crippen molar-refractivity contribution in [1.82, 2.24) is 14.0 Å². The Hall–Kier alpha value is 1.02. The Kier molecular flexibility index (Phi) is 6.25. The van der Waals surface area contributed by atoms with E-state index in [1.807, 2.05) is 0 Å². The number of nitrogens with zero attached hydrogens (tertiary/aromatic N) is 4. The Morgan fingerprint density at radius 3 is 1.31 bits per heavy atom. The summed E-state index contributed by atoms with van der Waals surface area (Å²) in [6.07, 6.45) is 0. The van der Waals surface area contributed by atoms with Crippen LogP contribution in [0.5, 0.6) is 0 Å². The Morgan fingerprint density at radius 1 is 0.923 bits per heavy atom. The zero-order chi connectivity index (χ0) is 10.6. The molecule has 1 unspecified atom stereocenters. The Morgan fingerprint density at radius 2 is 1.23 bits per heavy atom. The first-order chi connectivity index (χ1) is 5.89. The highest BCUT2D eigenvalue weighted by Gasteiger charge is 2.27.